The molecule has 0 spiro atoms. The molecule has 66 valence electrons. The maximum absolute atomic E-state index is 13.3. The van der Waals surface area contributed by atoms with Gasteiger partial charge in [0.2, 0.25) is 0 Å². The van der Waals surface area contributed by atoms with E-state index in [0.717, 1.165) is 16.5 Å². The normalized spacial score (nSPS) is 10.7. The highest BCUT2D eigenvalue weighted by molar-refractivity contribution is 5.80. The summed E-state index contributed by atoms with van der Waals surface area (Å²) >= 11 is 0. The number of hydrogen-bond donors (Lipinski definition) is 0. The van der Waals surface area contributed by atoms with Gasteiger partial charge in [0, 0.05) is 11.6 Å². The van der Waals surface area contributed by atoms with Crippen LogP contribution in [-0.2, 0) is 0 Å². The molecule has 13 heavy (non-hydrogen) atoms. The van der Waals surface area contributed by atoms with E-state index in [2.05, 4.69) is 4.98 Å². The highest BCUT2D eigenvalue weighted by Crippen LogP contribution is 2.18. The third-order valence-corrected chi connectivity index (χ3v) is 2.02. The first-order valence-corrected chi connectivity index (χ1v) is 4.19. The molecule has 1 nitrogen and oxygen atoms in total. The molecule has 0 bridgehead atoms. The van der Waals surface area contributed by atoms with Crippen LogP contribution in [0.15, 0.2) is 24.4 Å². The molecular weight excluding hydrogens is 165 g/mol. The summed E-state index contributed by atoms with van der Waals surface area (Å²) in [5, 5.41) is 0.873. The topological polar surface area (TPSA) is 12.9 Å². The second-order valence-electron chi connectivity index (χ2n) is 3.33. The second-order valence-corrected chi connectivity index (χ2v) is 3.33. The molecule has 0 aliphatic heterocycles. The molecule has 2 rings (SSSR count). The highest BCUT2D eigenvalue weighted by atomic mass is 19.1. The van der Waals surface area contributed by atoms with E-state index in [1.165, 1.54) is 6.07 Å². The van der Waals surface area contributed by atoms with Crippen molar-refractivity contribution in [3.63, 3.8) is 0 Å². The molecule has 1 aromatic carbocycles. The van der Waals surface area contributed by atoms with Crippen molar-refractivity contribution in [2.24, 2.45) is 0 Å². The molecule has 0 aliphatic rings. The van der Waals surface area contributed by atoms with Gasteiger partial charge in [-0.25, -0.2) is 4.39 Å². The summed E-state index contributed by atoms with van der Waals surface area (Å²) in [6.45, 7) is 3.83. The average molecular weight is 175 g/mol. The SMILES string of the molecule is Cc1cnc2c(F)cc(C)cc2c1. The van der Waals surface area contributed by atoms with E-state index in [0.29, 0.717) is 5.52 Å². The van der Waals surface area contributed by atoms with Crippen LogP contribution in [0, 0.1) is 19.7 Å². The van der Waals surface area contributed by atoms with Crippen LogP contribution in [0.2, 0.25) is 0 Å². The first-order chi connectivity index (χ1) is 6.16. The Kier molecular flexibility index (Phi) is 1.76. The van der Waals surface area contributed by atoms with Crippen LogP contribution in [0.25, 0.3) is 10.9 Å². The Balaban J connectivity index is 2.86. The largest absolute Gasteiger partial charge is 0.253 e. The Bertz CT molecular complexity index is 458. The summed E-state index contributed by atoms with van der Waals surface area (Å²) in [4.78, 5) is 4.05. The lowest BCUT2D eigenvalue weighted by molar-refractivity contribution is 0.635. The van der Waals surface area contributed by atoms with Crippen LogP contribution in [-0.4, -0.2) is 4.98 Å². The molecule has 2 heteroatoms. The lowest BCUT2D eigenvalue weighted by Crippen LogP contribution is -1.87. The Hall–Kier alpha value is -1.44. The number of fused-ring (bicyclic) bond motifs is 1. The van der Waals surface area contributed by atoms with Gasteiger partial charge in [0.05, 0.1) is 0 Å². The van der Waals surface area contributed by atoms with Gasteiger partial charge in [0.1, 0.15) is 11.3 Å². The molecule has 2 aromatic rings. The summed E-state index contributed by atoms with van der Waals surface area (Å²) in [5.74, 6) is -0.241. The van der Waals surface area contributed by atoms with Gasteiger partial charge in [-0.1, -0.05) is 0 Å². The second kappa shape index (κ2) is 2.80. The third-order valence-electron chi connectivity index (χ3n) is 2.02. The summed E-state index contributed by atoms with van der Waals surface area (Å²) in [6.07, 6.45) is 1.68. The Labute approximate surface area is 76.2 Å². The Morgan fingerprint density at radius 3 is 2.54 bits per heavy atom. The fraction of sp³-hybridized carbons (Fsp3) is 0.182. The van der Waals surface area contributed by atoms with E-state index in [1.54, 1.807) is 6.20 Å². The molecule has 0 N–H and O–H groups in total. The van der Waals surface area contributed by atoms with E-state index in [1.807, 2.05) is 26.0 Å². The minimum Gasteiger partial charge on any atom is -0.253 e. The molecule has 0 radical (unpaired) electrons. The van der Waals surface area contributed by atoms with Crippen LogP contribution in [0.1, 0.15) is 11.1 Å². The van der Waals surface area contributed by atoms with Crippen molar-refractivity contribution < 1.29 is 4.39 Å². The smallest absolute Gasteiger partial charge is 0.149 e. The first-order valence-electron chi connectivity index (χ1n) is 4.19. The number of aromatic nitrogens is 1. The van der Waals surface area contributed by atoms with Gasteiger partial charge in [0.25, 0.3) is 0 Å². The van der Waals surface area contributed by atoms with Crippen molar-refractivity contribution in [2.45, 2.75) is 13.8 Å². The quantitative estimate of drug-likeness (QED) is 0.599. The molecule has 0 saturated carbocycles. The molecular formula is C11H10FN. The number of nitrogens with zero attached hydrogens (tertiary/aromatic N) is 1. The zero-order valence-electron chi connectivity index (χ0n) is 7.63. The number of benzene rings is 1. The van der Waals surface area contributed by atoms with Crippen LogP contribution >= 0.6 is 0 Å². The van der Waals surface area contributed by atoms with Crippen LogP contribution in [0.5, 0.6) is 0 Å². The molecule has 1 heterocycles. The summed E-state index contributed by atoms with van der Waals surface area (Å²) in [7, 11) is 0. The summed E-state index contributed by atoms with van der Waals surface area (Å²) in [6, 6.07) is 5.39. The lowest BCUT2D eigenvalue weighted by Gasteiger charge is -2.01. The Morgan fingerprint density at radius 2 is 1.77 bits per heavy atom. The Morgan fingerprint density at radius 1 is 1.08 bits per heavy atom. The number of rotatable bonds is 0. The van der Waals surface area contributed by atoms with Gasteiger partial charge in [-0.2, -0.15) is 0 Å². The molecule has 0 aliphatic carbocycles. The molecule has 0 saturated heterocycles. The van der Waals surface area contributed by atoms with Gasteiger partial charge in [0.15, 0.2) is 0 Å². The molecule has 1 aromatic heterocycles. The number of hydrogen-bond acceptors (Lipinski definition) is 1. The van der Waals surface area contributed by atoms with Crippen LogP contribution < -0.4 is 0 Å². The summed E-state index contributed by atoms with van der Waals surface area (Å²) in [5.41, 5.74) is 2.44. The van der Waals surface area contributed by atoms with E-state index >= 15 is 0 Å². The van der Waals surface area contributed by atoms with Crippen molar-refractivity contribution >= 4 is 10.9 Å². The minimum atomic E-state index is -0.241. The van der Waals surface area contributed by atoms with Gasteiger partial charge in [-0.3, -0.25) is 4.98 Å². The summed E-state index contributed by atoms with van der Waals surface area (Å²) < 4.78 is 13.3. The van der Waals surface area contributed by atoms with Gasteiger partial charge in [-0.15, -0.1) is 0 Å². The number of aryl methyl sites for hydroxylation is 2. The van der Waals surface area contributed by atoms with Gasteiger partial charge < -0.3 is 0 Å². The fourth-order valence-corrected chi connectivity index (χ4v) is 1.46. The average Bonchev–Trinajstić information content (AvgIpc) is 2.02. The van der Waals surface area contributed by atoms with Crippen molar-refractivity contribution in [3.05, 3.63) is 41.3 Å². The molecule has 0 atom stereocenters. The van der Waals surface area contributed by atoms with Crippen molar-refractivity contribution in [2.75, 3.05) is 0 Å². The van der Waals surface area contributed by atoms with Crippen molar-refractivity contribution in [1.82, 2.24) is 4.98 Å². The van der Waals surface area contributed by atoms with E-state index in [-0.39, 0.29) is 5.82 Å². The number of pyridine rings is 1. The molecule has 0 unspecified atom stereocenters. The predicted octanol–water partition coefficient (Wildman–Crippen LogP) is 2.99. The zero-order chi connectivity index (χ0) is 9.42. The van der Waals surface area contributed by atoms with Crippen molar-refractivity contribution in [1.29, 1.82) is 0 Å². The lowest BCUT2D eigenvalue weighted by atomic mass is 10.1. The van der Waals surface area contributed by atoms with Crippen LogP contribution in [0.4, 0.5) is 4.39 Å². The minimum absolute atomic E-state index is 0.241. The van der Waals surface area contributed by atoms with Crippen molar-refractivity contribution in [3.8, 4) is 0 Å². The maximum atomic E-state index is 13.3. The fourth-order valence-electron chi connectivity index (χ4n) is 1.46. The first kappa shape index (κ1) is 8.17. The van der Waals surface area contributed by atoms with Gasteiger partial charge >= 0.3 is 0 Å². The third kappa shape index (κ3) is 1.39. The van der Waals surface area contributed by atoms with Gasteiger partial charge in [-0.05, 0) is 43.2 Å². The predicted molar refractivity (Wildman–Crippen MR) is 51.2 cm³/mol. The van der Waals surface area contributed by atoms with E-state index in [4.69, 9.17) is 0 Å². The highest BCUT2D eigenvalue weighted by Gasteiger charge is 2.02. The van der Waals surface area contributed by atoms with E-state index in [9.17, 15) is 4.39 Å². The molecule has 0 fully saturated rings. The zero-order valence-corrected chi connectivity index (χ0v) is 7.63. The maximum Gasteiger partial charge on any atom is 0.149 e. The molecule has 0 amide bonds. The van der Waals surface area contributed by atoms with E-state index < -0.39 is 0 Å². The standard InChI is InChI=1S/C11H10FN/c1-7-3-9-4-8(2)6-13-11(9)10(12)5-7/h3-6H,1-2H3. The number of halogens is 1. The monoisotopic (exact) mass is 175 g/mol. The van der Waals surface area contributed by atoms with Crippen LogP contribution in [0.3, 0.4) is 0 Å².